The fourth-order valence-electron chi connectivity index (χ4n) is 2.45. The number of furan rings is 1. The summed E-state index contributed by atoms with van der Waals surface area (Å²) in [5.74, 6) is 1.85. The number of nitrogens with two attached hydrogens (primary N) is 1. The average molecular weight is 288 g/mol. The maximum atomic E-state index is 6.06. The normalized spacial score (nSPS) is 14.1. The van der Waals surface area contributed by atoms with Crippen molar-refractivity contribution in [1.29, 1.82) is 0 Å². The van der Waals surface area contributed by atoms with E-state index in [0.29, 0.717) is 6.54 Å². The summed E-state index contributed by atoms with van der Waals surface area (Å²) < 4.78 is 10.9. The van der Waals surface area contributed by atoms with E-state index in [2.05, 4.69) is 24.9 Å². The summed E-state index contributed by atoms with van der Waals surface area (Å²) in [6.07, 6.45) is 2.52. The second-order valence-electron chi connectivity index (χ2n) is 5.63. The van der Waals surface area contributed by atoms with Gasteiger partial charge >= 0.3 is 0 Å². The molecule has 21 heavy (non-hydrogen) atoms. The average Bonchev–Trinajstić information content (AvgIpc) is 3.00. The fourth-order valence-corrected chi connectivity index (χ4v) is 2.45. The molecule has 0 radical (unpaired) electrons. The van der Waals surface area contributed by atoms with E-state index in [9.17, 15) is 0 Å². The van der Waals surface area contributed by atoms with Crippen molar-refractivity contribution in [3.63, 3.8) is 0 Å². The molecule has 0 bridgehead atoms. The van der Waals surface area contributed by atoms with Crippen LogP contribution in [0.15, 0.2) is 47.1 Å². The molecule has 0 spiro atoms. The number of para-hydroxylation sites is 1. The van der Waals surface area contributed by atoms with E-state index in [0.717, 1.165) is 24.5 Å². The first-order chi connectivity index (χ1) is 10.1. The Hall–Kier alpha value is -1.78. The lowest BCUT2D eigenvalue weighted by Crippen LogP contribution is -2.50. The van der Waals surface area contributed by atoms with Crippen LogP contribution in [0.1, 0.15) is 18.2 Å². The summed E-state index contributed by atoms with van der Waals surface area (Å²) >= 11 is 0. The molecule has 2 rings (SSSR count). The number of methoxy groups -OCH3 is 1. The van der Waals surface area contributed by atoms with Crippen molar-refractivity contribution < 1.29 is 9.15 Å². The van der Waals surface area contributed by atoms with E-state index in [4.69, 9.17) is 14.9 Å². The predicted octanol–water partition coefficient (Wildman–Crippen LogP) is 2.68. The van der Waals surface area contributed by atoms with Gasteiger partial charge in [-0.2, -0.15) is 0 Å². The van der Waals surface area contributed by atoms with Crippen molar-refractivity contribution in [1.82, 2.24) is 4.90 Å². The Balaban J connectivity index is 2.16. The van der Waals surface area contributed by atoms with Gasteiger partial charge in [-0.25, -0.2) is 0 Å². The quantitative estimate of drug-likeness (QED) is 0.851. The molecule has 0 saturated heterocycles. The topological polar surface area (TPSA) is 51.6 Å². The summed E-state index contributed by atoms with van der Waals surface area (Å²) in [6, 6.07) is 12.0. The monoisotopic (exact) mass is 288 g/mol. The first kappa shape index (κ1) is 15.6. The zero-order valence-electron chi connectivity index (χ0n) is 13.0. The Bertz CT molecular complexity index is 554. The maximum absolute atomic E-state index is 6.06. The second-order valence-corrected chi connectivity index (χ2v) is 5.63. The molecule has 4 heteroatoms. The van der Waals surface area contributed by atoms with Gasteiger partial charge in [-0.3, -0.25) is 4.90 Å². The van der Waals surface area contributed by atoms with Crippen LogP contribution >= 0.6 is 0 Å². The second kappa shape index (κ2) is 6.78. The Morgan fingerprint density at radius 2 is 2.00 bits per heavy atom. The molecule has 0 aliphatic heterocycles. The van der Waals surface area contributed by atoms with Crippen molar-refractivity contribution in [2.75, 3.05) is 20.7 Å². The van der Waals surface area contributed by atoms with Crippen LogP contribution in [-0.2, 0) is 13.0 Å². The number of nitrogens with zero attached hydrogens (tertiary/aromatic N) is 1. The molecule has 0 aliphatic rings. The molecule has 114 valence electrons. The van der Waals surface area contributed by atoms with Crippen molar-refractivity contribution in [2.24, 2.45) is 5.73 Å². The Labute approximate surface area is 126 Å². The number of hydrogen-bond acceptors (Lipinski definition) is 4. The highest BCUT2D eigenvalue weighted by Crippen LogP contribution is 2.26. The maximum Gasteiger partial charge on any atom is 0.122 e. The summed E-state index contributed by atoms with van der Waals surface area (Å²) in [7, 11) is 3.77. The molecule has 0 aliphatic carbocycles. The number of rotatable bonds is 7. The van der Waals surface area contributed by atoms with E-state index in [1.165, 1.54) is 5.56 Å². The molecule has 0 saturated carbocycles. The molecule has 2 aromatic rings. The van der Waals surface area contributed by atoms with E-state index in [1.54, 1.807) is 13.4 Å². The van der Waals surface area contributed by atoms with Crippen molar-refractivity contribution in [2.45, 2.75) is 25.4 Å². The van der Waals surface area contributed by atoms with Gasteiger partial charge in [0.2, 0.25) is 0 Å². The molecule has 0 fully saturated rings. The minimum absolute atomic E-state index is 0.165. The first-order valence-corrected chi connectivity index (χ1v) is 7.14. The third-order valence-corrected chi connectivity index (χ3v) is 4.10. The van der Waals surface area contributed by atoms with Crippen LogP contribution in [0.2, 0.25) is 0 Å². The van der Waals surface area contributed by atoms with Gasteiger partial charge in [-0.05, 0) is 44.2 Å². The van der Waals surface area contributed by atoms with Crippen LogP contribution in [0.25, 0.3) is 0 Å². The van der Waals surface area contributed by atoms with Crippen molar-refractivity contribution in [3.05, 3.63) is 54.0 Å². The van der Waals surface area contributed by atoms with Gasteiger partial charge in [0, 0.05) is 12.1 Å². The number of hydrogen-bond donors (Lipinski definition) is 1. The van der Waals surface area contributed by atoms with Gasteiger partial charge in [-0.1, -0.05) is 18.2 Å². The van der Waals surface area contributed by atoms with Crippen molar-refractivity contribution in [3.8, 4) is 5.75 Å². The molecule has 1 aromatic heterocycles. The molecule has 1 heterocycles. The van der Waals surface area contributed by atoms with E-state index < -0.39 is 0 Å². The zero-order valence-corrected chi connectivity index (χ0v) is 13.0. The van der Waals surface area contributed by atoms with E-state index >= 15 is 0 Å². The van der Waals surface area contributed by atoms with Gasteiger partial charge in [0.1, 0.15) is 11.5 Å². The van der Waals surface area contributed by atoms with E-state index in [1.807, 2.05) is 30.3 Å². The van der Waals surface area contributed by atoms with Gasteiger partial charge in [-0.15, -0.1) is 0 Å². The largest absolute Gasteiger partial charge is 0.496 e. The molecular formula is C17H24N2O2. The number of benzene rings is 1. The van der Waals surface area contributed by atoms with Crippen LogP contribution in [0.4, 0.5) is 0 Å². The SMILES string of the molecule is COc1ccccc1CC(C)(CN)N(C)Cc1ccco1. The Morgan fingerprint density at radius 3 is 2.62 bits per heavy atom. The van der Waals surface area contributed by atoms with E-state index in [-0.39, 0.29) is 5.54 Å². The summed E-state index contributed by atoms with van der Waals surface area (Å²) in [6.45, 7) is 3.46. The highest BCUT2D eigenvalue weighted by atomic mass is 16.5. The van der Waals surface area contributed by atoms with Gasteiger partial charge in [0.25, 0.3) is 0 Å². The summed E-state index contributed by atoms with van der Waals surface area (Å²) in [4.78, 5) is 2.23. The number of ether oxygens (including phenoxy) is 1. The first-order valence-electron chi connectivity index (χ1n) is 7.14. The van der Waals surface area contributed by atoms with Crippen LogP contribution in [0.5, 0.6) is 5.75 Å². The molecule has 1 aromatic carbocycles. The third kappa shape index (κ3) is 3.65. The summed E-state index contributed by atoms with van der Waals surface area (Å²) in [5, 5.41) is 0. The zero-order chi connectivity index (χ0) is 15.3. The predicted molar refractivity (Wildman–Crippen MR) is 84.3 cm³/mol. The highest BCUT2D eigenvalue weighted by molar-refractivity contribution is 5.34. The minimum atomic E-state index is -0.165. The fraction of sp³-hybridized carbons (Fsp3) is 0.412. The van der Waals surface area contributed by atoms with Gasteiger partial charge in [0.05, 0.1) is 19.9 Å². The Kier molecular flexibility index (Phi) is 5.04. The minimum Gasteiger partial charge on any atom is -0.496 e. The molecule has 0 amide bonds. The smallest absolute Gasteiger partial charge is 0.122 e. The Morgan fingerprint density at radius 1 is 1.24 bits per heavy atom. The van der Waals surface area contributed by atoms with Crippen LogP contribution in [-0.4, -0.2) is 31.1 Å². The molecule has 1 unspecified atom stereocenters. The molecular weight excluding hydrogens is 264 g/mol. The molecule has 2 N–H and O–H groups in total. The third-order valence-electron chi connectivity index (χ3n) is 4.10. The van der Waals surface area contributed by atoms with Gasteiger partial charge < -0.3 is 14.9 Å². The summed E-state index contributed by atoms with van der Waals surface area (Å²) in [5.41, 5.74) is 7.06. The lowest BCUT2D eigenvalue weighted by atomic mass is 9.90. The van der Waals surface area contributed by atoms with Gasteiger partial charge in [0.15, 0.2) is 0 Å². The van der Waals surface area contributed by atoms with Crippen LogP contribution < -0.4 is 10.5 Å². The molecule has 1 atom stereocenters. The molecule has 4 nitrogen and oxygen atoms in total. The van der Waals surface area contributed by atoms with Crippen LogP contribution in [0, 0.1) is 0 Å². The number of likely N-dealkylation sites (N-methyl/N-ethyl adjacent to an activating group) is 1. The standard InChI is InChI=1S/C17H24N2O2/c1-17(13-18,19(2)12-15-8-6-10-21-15)11-14-7-4-5-9-16(14)20-3/h4-10H,11-13,18H2,1-3H3. The van der Waals surface area contributed by atoms with Crippen LogP contribution in [0.3, 0.4) is 0 Å². The lowest BCUT2D eigenvalue weighted by molar-refractivity contribution is 0.125. The van der Waals surface area contributed by atoms with Crippen molar-refractivity contribution >= 4 is 0 Å². The lowest BCUT2D eigenvalue weighted by Gasteiger charge is -2.38. The highest BCUT2D eigenvalue weighted by Gasteiger charge is 2.29.